The zero-order chi connectivity index (χ0) is 22.8. The van der Waals surface area contributed by atoms with Gasteiger partial charge in [-0.1, -0.05) is 12.1 Å². The zero-order valence-electron chi connectivity index (χ0n) is 17.9. The van der Waals surface area contributed by atoms with E-state index in [-0.39, 0.29) is 12.3 Å². The molecule has 1 aromatic carbocycles. The molecule has 4 rings (SSSR count). The van der Waals surface area contributed by atoms with Gasteiger partial charge >= 0.3 is 0 Å². The Hall–Kier alpha value is -3.94. The number of furan rings is 1. The number of hydrogen-bond acceptors (Lipinski definition) is 7. The van der Waals surface area contributed by atoms with Gasteiger partial charge in [-0.2, -0.15) is 0 Å². The van der Waals surface area contributed by atoms with Gasteiger partial charge in [0.05, 0.1) is 20.3 Å². The Morgan fingerprint density at radius 2 is 1.88 bits per heavy atom. The quantitative estimate of drug-likeness (QED) is 0.320. The molecule has 0 bridgehead atoms. The maximum absolute atomic E-state index is 13.3. The number of rotatable bonds is 7. The number of benzene rings is 1. The second-order valence-electron chi connectivity index (χ2n) is 7.47. The molecule has 3 aromatic rings. The number of ether oxygens (including phenoxy) is 2. The van der Waals surface area contributed by atoms with Crippen molar-refractivity contribution in [1.82, 2.24) is 9.88 Å². The first-order valence-electron chi connectivity index (χ1n) is 10.0. The van der Waals surface area contributed by atoms with Gasteiger partial charge in [0.15, 0.2) is 17.3 Å². The molecule has 1 amide bonds. The van der Waals surface area contributed by atoms with E-state index in [2.05, 4.69) is 4.98 Å². The summed E-state index contributed by atoms with van der Waals surface area (Å²) in [7, 11) is 3.01. The van der Waals surface area contributed by atoms with E-state index in [0.717, 1.165) is 5.56 Å². The maximum Gasteiger partial charge on any atom is 0.291 e. The van der Waals surface area contributed by atoms with Crippen molar-refractivity contribution in [3.05, 3.63) is 77.5 Å². The van der Waals surface area contributed by atoms with E-state index >= 15 is 0 Å². The number of nitrogens with zero attached hydrogens (tertiary/aromatic N) is 2. The van der Waals surface area contributed by atoms with Gasteiger partial charge in [0.25, 0.3) is 5.91 Å². The zero-order valence-corrected chi connectivity index (χ0v) is 17.9. The van der Waals surface area contributed by atoms with Gasteiger partial charge in [-0.05, 0) is 48.4 Å². The summed E-state index contributed by atoms with van der Waals surface area (Å²) in [4.78, 5) is 44.9. The molecular formula is C24H22N2O6. The number of Topliss-reactive ketones (excluding diaryl/α,β-unsaturated/α-hetero) is 2. The minimum Gasteiger partial charge on any atom is -0.493 e. The third-order valence-electron chi connectivity index (χ3n) is 5.50. The molecule has 8 nitrogen and oxygen atoms in total. The predicted molar refractivity (Wildman–Crippen MR) is 113 cm³/mol. The number of carbonyl (C=O) groups is 3. The van der Waals surface area contributed by atoms with Crippen LogP contribution < -0.4 is 9.47 Å². The van der Waals surface area contributed by atoms with Gasteiger partial charge in [0.2, 0.25) is 11.6 Å². The molecule has 1 aliphatic rings. The van der Waals surface area contributed by atoms with Crippen molar-refractivity contribution in [1.29, 1.82) is 0 Å². The van der Waals surface area contributed by atoms with Gasteiger partial charge in [-0.25, -0.2) is 0 Å². The normalized spacial score (nSPS) is 18.2. The molecule has 0 radical (unpaired) electrons. The summed E-state index contributed by atoms with van der Waals surface area (Å²) >= 11 is 0. The fraction of sp³-hybridized carbons (Fsp3) is 0.250. The van der Waals surface area contributed by atoms with Crippen molar-refractivity contribution in [3.63, 3.8) is 0 Å². The van der Waals surface area contributed by atoms with E-state index in [1.54, 1.807) is 49.6 Å². The Morgan fingerprint density at radius 3 is 2.50 bits per heavy atom. The van der Waals surface area contributed by atoms with Crippen LogP contribution in [0.25, 0.3) is 0 Å². The van der Waals surface area contributed by atoms with E-state index in [4.69, 9.17) is 13.9 Å². The second kappa shape index (κ2) is 8.66. The standard InChI is InChI=1S/C24H22N2O6/c1-14-6-8-18(32-14)22(27)20-21(16-7-9-17(30-2)19(11-16)31-3)26(24(29)23(20)28)13-15-5-4-10-25-12-15/h4-12,20-21H,13H2,1-3H3. The van der Waals surface area contributed by atoms with Crippen LogP contribution in [0, 0.1) is 12.8 Å². The van der Waals surface area contributed by atoms with Gasteiger partial charge in [-0.3, -0.25) is 19.4 Å². The predicted octanol–water partition coefficient (Wildman–Crippen LogP) is 3.15. The lowest BCUT2D eigenvalue weighted by atomic mass is 9.88. The van der Waals surface area contributed by atoms with Crippen LogP contribution in [-0.4, -0.2) is 41.6 Å². The molecule has 164 valence electrons. The molecule has 8 heteroatoms. The number of aryl methyl sites for hydroxylation is 1. The van der Waals surface area contributed by atoms with E-state index in [0.29, 0.717) is 22.8 Å². The van der Waals surface area contributed by atoms with Crippen LogP contribution in [0.15, 0.2) is 59.3 Å². The summed E-state index contributed by atoms with van der Waals surface area (Å²) in [5, 5.41) is 0. The number of hydrogen-bond donors (Lipinski definition) is 0. The summed E-state index contributed by atoms with van der Waals surface area (Å²) in [6, 6.07) is 11.0. The molecule has 0 aliphatic carbocycles. The SMILES string of the molecule is COc1ccc(C2C(C(=O)c3ccc(C)o3)C(=O)C(=O)N2Cc2cccnc2)cc1OC. The fourth-order valence-corrected chi connectivity index (χ4v) is 3.97. The van der Waals surface area contributed by atoms with Crippen LogP contribution >= 0.6 is 0 Å². The summed E-state index contributed by atoms with van der Waals surface area (Å²) < 4.78 is 16.2. The third kappa shape index (κ3) is 3.75. The van der Waals surface area contributed by atoms with Gasteiger partial charge < -0.3 is 18.8 Å². The molecule has 0 spiro atoms. The molecule has 32 heavy (non-hydrogen) atoms. The number of pyridine rings is 1. The highest BCUT2D eigenvalue weighted by molar-refractivity contribution is 6.43. The first-order chi connectivity index (χ1) is 15.4. The topological polar surface area (TPSA) is 98.9 Å². The number of methoxy groups -OCH3 is 2. The number of aromatic nitrogens is 1. The van der Waals surface area contributed by atoms with Crippen LogP contribution in [-0.2, 0) is 16.1 Å². The highest BCUT2D eigenvalue weighted by atomic mass is 16.5. The lowest BCUT2D eigenvalue weighted by Crippen LogP contribution is -2.30. The first kappa shape index (κ1) is 21.3. The van der Waals surface area contributed by atoms with E-state index in [1.165, 1.54) is 25.2 Å². The Morgan fingerprint density at radius 1 is 1.09 bits per heavy atom. The molecule has 2 atom stereocenters. The van der Waals surface area contributed by atoms with Crippen molar-refractivity contribution >= 4 is 17.5 Å². The largest absolute Gasteiger partial charge is 0.493 e. The van der Waals surface area contributed by atoms with E-state index < -0.39 is 29.4 Å². The van der Waals surface area contributed by atoms with E-state index in [9.17, 15) is 14.4 Å². The van der Waals surface area contributed by atoms with Crippen LogP contribution in [0.5, 0.6) is 11.5 Å². The molecule has 1 fully saturated rings. The average Bonchev–Trinajstić information content (AvgIpc) is 3.35. The van der Waals surface area contributed by atoms with Crippen LogP contribution in [0.2, 0.25) is 0 Å². The summed E-state index contributed by atoms with van der Waals surface area (Å²) in [5.41, 5.74) is 1.31. The highest BCUT2D eigenvalue weighted by Crippen LogP contribution is 2.42. The molecule has 0 saturated carbocycles. The maximum atomic E-state index is 13.3. The number of likely N-dealkylation sites (tertiary alicyclic amines) is 1. The Balaban J connectivity index is 1.81. The van der Waals surface area contributed by atoms with E-state index in [1.807, 2.05) is 6.07 Å². The van der Waals surface area contributed by atoms with Crippen LogP contribution in [0.3, 0.4) is 0 Å². The summed E-state index contributed by atoms with van der Waals surface area (Å²) in [6.45, 7) is 1.83. The molecule has 2 aromatic heterocycles. The summed E-state index contributed by atoms with van der Waals surface area (Å²) in [5.74, 6) is -1.77. The van der Waals surface area contributed by atoms with Crippen molar-refractivity contribution < 1.29 is 28.3 Å². The molecule has 2 unspecified atom stereocenters. The minimum absolute atomic E-state index is 0.0438. The van der Waals surface area contributed by atoms with Crippen molar-refractivity contribution in [2.75, 3.05) is 14.2 Å². The van der Waals surface area contributed by atoms with Crippen molar-refractivity contribution in [3.8, 4) is 11.5 Å². The Kier molecular flexibility index (Phi) is 5.77. The third-order valence-corrected chi connectivity index (χ3v) is 5.50. The van der Waals surface area contributed by atoms with Crippen LogP contribution in [0.1, 0.15) is 33.5 Å². The molecule has 1 saturated heterocycles. The lowest BCUT2D eigenvalue weighted by molar-refractivity contribution is -0.141. The van der Waals surface area contributed by atoms with Gasteiger partial charge in [-0.15, -0.1) is 0 Å². The van der Waals surface area contributed by atoms with Crippen LogP contribution in [0.4, 0.5) is 0 Å². The van der Waals surface area contributed by atoms with Gasteiger partial charge in [0, 0.05) is 18.9 Å². The monoisotopic (exact) mass is 434 g/mol. The van der Waals surface area contributed by atoms with Crippen molar-refractivity contribution in [2.24, 2.45) is 5.92 Å². The molecular weight excluding hydrogens is 412 g/mol. The average molecular weight is 434 g/mol. The molecule has 3 heterocycles. The first-order valence-corrected chi connectivity index (χ1v) is 10.0. The highest BCUT2D eigenvalue weighted by Gasteiger charge is 2.52. The minimum atomic E-state index is -1.25. The Labute approximate surface area is 184 Å². The number of ketones is 2. The number of carbonyl (C=O) groups excluding carboxylic acids is 3. The Bertz CT molecular complexity index is 1170. The molecule has 0 N–H and O–H groups in total. The fourth-order valence-electron chi connectivity index (χ4n) is 3.97. The van der Waals surface area contributed by atoms with Gasteiger partial charge in [0.1, 0.15) is 11.7 Å². The van der Waals surface area contributed by atoms with Crippen molar-refractivity contribution in [2.45, 2.75) is 19.5 Å². The lowest BCUT2D eigenvalue weighted by Gasteiger charge is -2.27. The smallest absolute Gasteiger partial charge is 0.291 e. The number of amides is 1. The molecule has 1 aliphatic heterocycles. The summed E-state index contributed by atoms with van der Waals surface area (Å²) in [6.07, 6.45) is 3.24. The second-order valence-corrected chi connectivity index (χ2v) is 7.47.